The van der Waals surface area contributed by atoms with Gasteiger partial charge in [0.25, 0.3) is 0 Å². The van der Waals surface area contributed by atoms with Crippen LogP contribution in [0.15, 0.2) is 41.8 Å². The summed E-state index contributed by atoms with van der Waals surface area (Å²) in [5.74, 6) is -1.42. The Kier molecular flexibility index (Phi) is 6.47. The lowest BCUT2D eigenvalue weighted by atomic mass is 10.0. The molecular weight excluding hydrogens is 425 g/mol. The molecule has 0 bridgehead atoms. The van der Waals surface area contributed by atoms with Crippen molar-refractivity contribution in [2.75, 3.05) is 13.6 Å². The minimum Gasteiger partial charge on any atom is -0.335 e. The fraction of sp³-hybridized carbons (Fsp3) is 0.381. The second kappa shape index (κ2) is 8.93. The predicted molar refractivity (Wildman–Crippen MR) is 111 cm³/mol. The van der Waals surface area contributed by atoms with E-state index >= 15 is 0 Å². The van der Waals surface area contributed by atoms with Crippen LogP contribution >= 0.6 is 0 Å². The van der Waals surface area contributed by atoms with E-state index in [1.54, 1.807) is 14.0 Å². The van der Waals surface area contributed by atoms with Gasteiger partial charge in [-0.25, -0.2) is 19.8 Å². The lowest BCUT2D eigenvalue weighted by Crippen LogP contribution is -2.45. The van der Waals surface area contributed by atoms with Crippen LogP contribution in [0.2, 0.25) is 0 Å². The number of benzene rings is 1. The maximum Gasteiger partial charge on any atom is 0.451 e. The third kappa shape index (κ3) is 5.04. The summed E-state index contributed by atoms with van der Waals surface area (Å²) in [5, 5.41) is 8.32. The Morgan fingerprint density at radius 1 is 1.19 bits per heavy atom. The van der Waals surface area contributed by atoms with Gasteiger partial charge in [0, 0.05) is 31.9 Å². The van der Waals surface area contributed by atoms with Crippen molar-refractivity contribution < 1.29 is 22.8 Å². The van der Waals surface area contributed by atoms with Gasteiger partial charge < -0.3 is 10.2 Å². The van der Waals surface area contributed by atoms with Crippen LogP contribution in [0, 0.1) is 6.92 Å². The van der Waals surface area contributed by atoms with Crippen molar-refractivity contribution in [3.05, 3.63) is 59.2 Å². The van der Waals surface area contributed by atoms with Crippen LogP contribution in [0.1, 0.15) is 42.4 Å². The lowest BCUT2D eigenvalue weighted by Gasteiger charge is -2.25. The molecule has 0 fully saturated rings. The van der Waals surface area contributed by atoms with Gasteiger partial charge in [-0.1, -0.05) is 29.8 Å². The summed E-state index contributed by atoms with van der Waals surface area (Å²) >= 11 is 0. The van der Waals surface area contributed by atoms with Crippen molar-refractivity contribution in [2.45, 2.75) is 39.0 Å². The molecule has 8 nitrogen and oxygen atoms in total. The number of rotatable bonds is 4. The number of carbonyl (C=O) groups is 2. The fourth-order valence-electron chi connectivity index (χ4n) is 3.17. The second-order valence-electron chi connectivity index (χ2n) is 7.59. The van der Waals surface area contributed by atoms with Crippen molar-refractivity contribution in [3.63, 3.8) is 0 Å². The van der Waals surface area contributed by atoms with E-state index < -0.39 is 30.1 Å². The first-order valence-corrected chi connectivity index (χ1v) is 9.83. The number of nitrogens with zero attached hydrogens (tertiary/aromatic N) is 5. The van der Waals surface area contributed by atoms with Crippen LogP contribution in [0.25, 0.3) is 0 Å². The van der Waals surface area contributed by atoms with Gasteiger partial charge in [-0.3, -0.25) is 4.79 Å². The molecule has 2 aromatic rings. The highest BCUT2D eigenvalue weighted by Crippen LogP contribution is 2.26. The highest BCUT2D eigenvalue weighted by Gasteiger charge is 2.36. The van der Waals surface area contributed by atoms with E-state index in [1.807, 2.05) is 31.2 Å². The number of hydrogen-bond acceptors (Lipinski definition) is 5. The Bertz CT molecular complexity index is 1020. The molecule has 2 heterocycles. The Labute approximate surface area is 183 Å². The largest absolute Gasteiger partial charge is 0.451 e. The average molecular weight is 448 g/mol. The molecule has 0 saturated carbocycles. The first-order chi connectivity index (χ1) is 15.0. The molecule has 1 aromatic carbocycles. The number of aryl methyl sites for hydroxylation is 1. The van der Waals surface area contributed by atoms with Crippen LogP contribution in [-0.2, 0) is 11.0 Å². The van der Waals surface area contributed by atoms with Gasteiger partial charge in [-0.05, 0) is 19.4 Å². The van der Waals surface area contributed by atoms with Gasteiger partial charge in [-0.15, -0.1) is 0 Å². The molecule has 2 atom stereocenters. The molecule has 1 aliphatic heterocycles. The second-order valence-corrected chi connectivity index (χ2v) is 7.59. The smallest absolute Gasteiger partial charge is 0.335 e. The Balaban J connectivity index is 1.78. The van der Waals surface area contributed by atoms with Gasteiger partial charge in [0.15, 0.2) is 0 Å². The maximum absolute atomic E-state index is 12.8. The molecule has 0 aliphatic carbocycles. The first-order valence-electron chi connectivity index (χ1n) is 9.83. The third-order valence-corrected chi connectivity index (χ3v) is 5.20. The van der Waals surface area contributed by atoms with Crippen molar-refractivity contribution in [1.82, 2.24) is 25.2 Å². The van der Waals surface area contributed by atoms with Crippen LogP contribution in [0.3, 0.4) is 0 Å². The number of likely N-dealkylation sites (N-methyl/N-ethyl adjacent to an activating group) is 1. The number of amides is 3. The molecule has 0 spiro atoms. The summed E-state index contributed by atoms with van der Waals surface area (Å²) < 4.78 is 37.9. The van der Waals surface area contributed by atoms with E-state index in [2.05, 4.69) is 20.4 Å². The zero-order valence-corrected chi connectivity index (χ0v) is 18.0. The van der Waals surface area contributed by atoms with Gasteiger partial charge in [0.2, 0.25) is 11.7 Å². The monoisotopic (exact) mass is 448 g/mol. The first kappa shape index (κ1) is 23.2. The average Bonchev–Trinajstić information content (AvgIpc) is 3.18. The highest BCUT2D eigenvalue weighted by atomic mass is 19.4. The highest BCUT2D eigenvalue weighted by molar-refractivity contribution is 6.07. The molecule has 170 valence electrons. The maximum atomic E-state index is 12.8. The number of nitrogens with one attached hydrogen (secondary N) is 1. The molecular formula is C21H23F3N6O2. The van der Waals surface area contributed by atoms with E-state index in [-0.39, 0.29) is 12.5 Å². The van der Waals surface area contributed by atoms with Crippen molar-refractivity contribution in [2.24, 2.45) is 5.10 Å². The molecule has 0 saturated heterocycles. The SMILES string of the molecule is CC(=O)N(C)[C@@H]1CN(C(=O)N[C@H](C)c2cnc(C(F)(F)F)nc2)N=C1c1ccc(C)cc1. The van der Waals surface area contributed by atoms with Gasteiger partial charge >= 0.3 is 12.2 Å². The molecule has 1 aromatic heterocycles. The van der Waals surface area contributed by atoms with E-state index in [0.29, 0.717) is 11.3 Å². The summed E-state index contributed by atoms with van der Waals surface area (Å²) in [5.41, 5.74) is 2.73. The number of aromatic nitrogens is 2. The number of carbonyl (C=O) groups excluding carboxylic acids is 2. The molecule has 1 N–H and O–H groups in total. The van der Waals surface area contributed by atoms with Crippen LogP contribution in [0.5, 0.6) is 0 Å². The summed E-state index contributed by atoms with van der Waals surface area (Å²) in [7, 11) is 1.64. The van der Waals surface area contributed by atoms with Crippen molar-refractivity contribution in [3.8, 4) is 0 Å². The van der Waals surface area contributed by atoms with E-state index in [0.717, 1.165) is 23.5 Å². The van der Waals surface area contributed by atoms with Crippen molar-refractivity contribution >= 4 is 17.6 Å². The molecule has 3 rings (SSSR count). The minimum atomic E-state index is -4.64. The molecule has 11 heteroatoms. The summed E-state index contributed by atoms with van der Waals surface area (Å²) in [6, 6.07) is 5.92. The quantitative estimate of drug-likeness (QED) is 0.778. The summed E-state index contributed by atoms with van der Waals surface area (Å²) in [6.45, 7) is 5.12. The number of halogens is 3. The van der Waals surface area contributed by atoms with E-state index in [9.17, 15) is 22.8 Å². The van der Waals surface area contributed by atoms with E-state index in [4.69, 9.17) is 0 Å². The van der Waals surface area contributed by atoms with Gasteiger partial charge in [-0.2, -0.15) is 18.3 Å². The summed E-state index contributed by atoms with van der Waals surface area (Å²) in [6.07, 6.45) is -2.59. The van der Waals surface area contributed by atoms with Gasteiger partial charge in [0.1, 0.15) is 0 Å². The predicted octanol–water partition coefficient (Wildman–Crippen LogP) is 3.14. The molecule has 3 amide bonds. The topological polar surface area (TPSA) is 90.8 Å². The lowest BCUT2D eigenvalue weighted by molar-refractivity contribution is -0.145. The number of hydrazone groups is 1. The Morgan fingerprint density at radius 3 is 2.31 bits per heavy atom. The number of alkyl halides is 3. The van der Waals surface area contributed by atoms with Gasteiger partial charge in [0.05, 0.1) is 24.3 Å². The van der Waals surface area contributed by atoms with Crippen LogP contribution in [0.4, 0.5) is 18.0 Å². The van der Waals surface area contributed by atoms with Crippen molar-refractivity contribution in [1.29, 1.82) is 0 Å². The Hall–Kier alpha value is -3.50. The van der Waals surface area contributed by atoms with E-state index in [1.165, 1.54) is 16.8 Å². The Morgan fingerprint density at radius 2 is 1.78 bits per heavy atom. The minimum absolute atomic E-state index is 0.140. The third-order valence-electron chi connectivity index (χ3n) is 5.20. The molecule has 0 radical (unpaired) electrons. The zero-order chi connectivity index (χ0) is 23.6. The zero-order valence-electron chi connectivity index (χ0n) is 18.0. The molecule has 0 unspecified atom stereocenters. The number of hydrogen-bond donors (Lipinski definition) is 1. The standard InChI is InChI=1S/C21H23F3N6O2/c1-12-5-7-15(8-6-12)18-17(29(4)14(3)31)11-30(28-18)20(32)27-13(2)16-9-25-19(26-10-16)21(22,23)24/h5-10,13,17H,11H2,1-4H3,(H,27,32)/t13-,17-/m1/s1. The summed E-state index contributed by atoms with van der Waals surface area (Å²) in [4.78, 5) is 32.9. The number of urea groups is 1. The molecule has 1 aliphatic rings. The van der Waals surface area contributed by atoms with Crippen LogP contribution in [-0.4, -0.2) is 57.2 Å². The normalized spacial score (nSPS) is 17.0. The van der Waals surface area contributed by atoms with Crippen LogP contribution < -0.4 is 5.32 Å². The molecule has 32 heavy (non-hydrogen) atoms. The fourth-order valence-corrected chi connectivity index (χ4v) is 3.17.